The summed E-state index contributed by atoms with van der Waals surface area (Å²) in [7, 11) is 0. The lowest BCUT2D eigenvalue weighted by atomic mass is 10.2. The van der Waals surface area contributed by atoms with Gasteiger partial charge in [-0.2, -0.15) is 0 Å². The van der Waals surface area contributed by atoms with Gasteiger partial charge in [0.2, 0.25) is 0 Å². The summed E-state index contributed by atoms with van der Waals surface area (Å²) in [6.45, 7) is 0.308. The van der Waals surface area contributed by atoms with Gasteiger partial charge in [0.25, 0.3) is 5.91 Å². The van der Waals surface area contributed by atoms with Gasteiger partial charge >= 0.3 is 6.03 Å². The number of hydrogen-bond acceptors (Lipinski definition) is 3. The number of halogens is 1. The van der Waals surface area contributed by atoms with Crippen molar-refractivity contribution in [3.63, 3.8) is 0 Å². The first-order valence-corrected chi connectivity index (χ1v) is 5.36. The number of aromatic hydroxyl groups is 1. The van der Waals surface area contributed by atoms with E-state index in [1.807, 2.05) is 0 Å². The van der Waals surface area contributed by atoms with E-state index in [-0.39, 0.29) is 5.75 Å². The third-order valence-corrected chi connectivity index (χ3v) is 1.99. The molecule has 0 atom stereocenters. The number of hydrazine groups is 1. The molecule has 6 nitrogen and oxygen atoms in total. The van der Waals surface area contributed by atoms with Gasteiger partial charge in [0.15, 0.2) is 0 Å². The summed E-state index contributed by atoms with van der Waals surface area (Å²) in [5.74, 6) is -0.125. The molecule has 3 amide bonds. The predicted octanol–water partition coefficient (Wildman–Crippen LogP) is 0.575. The van der Waals surface area contributed by atoms with E-state index in [2.05, 4.69) is 16.2 Å². The quantitative estimate of drug-likeness (QED) is 0.471. The van der Waals surface area contributed by atoms with Crippen molar-refractivity contribution in [2.45, 2.75) is 0 Å². The molecule has 0 aliphatic rings. The van der Waals surface area contributed by atoms with Crippen molar-refractivity contribution in [2.24, 2.45) is 0 Å². The Labute approximate surface area is 103 Å². The van der Waals surface area contributed by atoms with E-state index >= 15 is 0 Å². The van der Waals surface area contributed by atoms with Crippen LogP contribution in [0.5, 0.6) is 5.75 Å². The van der Waals surface area contributed by atoms with Crippen LogP contribution in [0, 0.1) is 0 Å². The second-order valence-electron chi connectivity index (χ2n) is 3.07. The predicted molar refractivity (Wildman–Crippen MR) is 62.8 cm³/mol. The Kier molecular flexibility index (Phi) is 5.09. The fraction of sp³-hybridized carbons (Fsp3) is 0.200. The smallest absolute Gasteiger partial charge is 0.333 e. The van der Waals surface area contributed by atoms with Crippen molar-refractivity contribution in [1.29, 1.82) is 0 Å². The molecule has 1 aromatic rings. The van der Waals surface area contributed by atoms with E-state index in [4.69, 9.17) is 16.7 Å². The zero-order valence-electron chi connectivity index (χ0n) is 8.87. The van der Waals surface area contributed by atoms with Crippen LogP contribution < -0.4 is 16.2 Å². The van der Waals surface area contributed by atoms with Crippen LogP contribution in [0.4, 0.5) is 4.79 Å². The minimum atomic E-state index is -0.544. The molecule has 0 heterocycles. The number of amides is 3. The molecule has 92 valence electrons. The number of nitrogens with one attached hydrogen (secondary N) is 3. The Morgan fingerprint density at radius 3 is 2.41 bits per heavy atom. The number of urea groups is 1. The van der Waals surface area contributed by atoms with Gasteiger partial charge < -0.3 is 10.4 Å². The number of carbonyl (C=O) groups excluding carboxylic acids is 2. The zero-order chi connectivity index (χ0) is 12.7. The van der Waals surface area contributed by atoms with E-state index in [0.717, 1.165) is 0 Å². The van der Waals surface area contributed by atoms with Crippen molar-refractivity contribution in [3.05, 3.63) is 29.8 Å². The first-order valence-electron chi connectivity index (χ1n) is 4.82. The van der Waals surface area contributed by atoms with Gasteiger partial charge in [-0.05, 0) is 24.3 Å². The van der Waals surface area contributed by atoms with E-state index < -0.39 is 11.9 Å². The second-order valence-corrected chi connectivity index (χ2v) is 3.45. The molecule has 0 aromatic heterocycles. The van der Waals surface area contributed by atoms with Crippen LogP contribution in [0.2, 0.25) is 0 Å². The number of phenolic OH excluding ortho intramolecular Hbond substituents is 1. The minimum absolute atomic E-state index is 0.0642. The summed E-state index contributed by atoms with van der Waals surface area (Å²) >= 11 is 5.37. The number of benzene rings is 1. The zero-order valence-corrected chi connectivity index (χ0v) is 9.62. The lowest BCUT2D eigenvalue weighted by Crippen LogP contribution is -2.47. The number of phenols is 1. The van der Waals surface area contributed by atoms with Crippen molar-refractivity contribution in [2.75, 3.05) is 12.4 Å². The fourth-order valence-electron chi connectivity index (χ4n) is 1.00. The van der Waals surface area contributed by atoms with E-state index in [1.54, 1.807) is 0 Å². The molecule has 1 aromatic carbocycles. The summed E-state index contributed by atoms with van der Waals surface area (Å²) in [5.41, 5.74) is 4.68. The fourth-order valence-corrected chi connectivity index (χ4v) is 1.10. The monoisotopic (exact) mass is 257 g/mol. The van der Waals surface area contributed by atoms with Crippen LogP contribution >= 0.6 is 11.6 Å². The molecule has 0 saturated heterocycles. The maximum Gasteiger partial charge on any atom is 0.333 e. The molecule has 0 spiro atoms. The topological polar surface area (TPSA) is 90.5 Å². The summed E-state index contributed by atoms with van der Waals surface area (Å²) in [4.78, 5) is 22.5. The van der Waals surface area contributed by atoms with Crippen LogP contribution in [0.3, 0.4) is 0 Å². The normalized spacial score (nSPS) is 9.47. The van der Waals surface area contributed by atoms with Gasteiger partial charge in [-0.15, -0.1) is 11.6 Å². The molecule has 0 radical (unpaired) electrons. The molecule has 0 fully saturated rings. The minimum Gasteiger partial charge on any atom is -0.508 e. The SMILES string of the molecule is O=C(NCCCl)NNC(=O)c1ccc(O)cc1. The number of hydrogen-bond donors (Lipinski definition) is 4. The molecule has 0 aliphatic carbocycles. The first-order chi connectivity index (χ1) is 8.13. The number of rotatable bonds is 3. The van der Waals surface area contributed by atoms with Crippen LogP contribution in [-0.2, 0) is 0 Å². The van der Waals surface area contributed by atoms with E-state index in [1.165, 1.54) is 24.3 Å². The summed E-state index contributed by atoms with van der Waals surface area (Å²) in [6, 6.07) is 5.08. The third-order valence-electron chi connectivity index (χ3n) is 1.80. The molecular weight excluding hydrogens is 246 g/mol. The Hall–Kier alpha value is -1.95. The molecule has 0 saturated carbocycles. The van der Waals surface area contributed by atoms with Crippen molar-refractivity contribution >= 4 is 23.5 Å². The molecule has 4 N–H and O–H groups in total. The molecule has 0 aliphatic heterocycles. The highest BCUT2D eigenvalue weighted by Crippen LogP contribution is 2.08. The molecular formula is C10H12ClN3O3. The van der Waals surface area contributed by atoms with Crippen molar-refractivity contribution in [1.82, 2.24) is 16.2 Å². The number of alkyl halides is 1. The Balaban J connectivity index is 2.39. The largest absolute Gasteiger partial charge is 0.508 e. The van der Waals surface area contributed by atoms with Gasteiger partial charge in [0.05, 0.1) is 0 Å². The average Bonchev–Trinajstić information content (AvgIpc) is 2.34. The van der Waals surface area contributed by atoms with Crippen LogP contribution in [0.1, 0.15) is 10.4 Å². The highest BCUT2D eigenvalue weighted by atomic mass is 35.5. The van der Waals surface area contributed by atoms with E-state index in [0.29, 0.717) is 18.0 Å². The summed E-state index contributed by atoms with van der Waals surface area (Å²) in [6.07, 6.45) is 0. The van der Waals surface area contributed by atoms with Crippen molar-refractivity contribution in [3.8, 4) is 5.75 Å². The highest BCUT2D eigenvalue weighted by Gasteiger charge is 2.06. The van der Waals surface area contributed by atoms with Gasteiger partial charge in [-0.25, -0.2) is 10.2 Å². The molecule has 7 heteroatoms. The summed E-state index contributed by atoms with van der Waals surface area (Å²) < 4.78 is 0. The molecule has 0 bridgehead atoms. The average molecular weight is 258 g/mol. The molecule has 17 heavy (non-hydrogen) atoms. The maximum absolute atomic E-state index is 11.5. The van der Waals surface area contributed by atoms with Gasteiger partial charge in [0, 0.05) is 18.0 Å². The van der Waals surface area contributed by atoms with Crippen molar-refractivity contribution < 1.29 is 14.7 Å². The van der Waals surface area contributed by atoms with Crippen LogP contribution in [-0.4, -0.2) is 29.5 Å². The van der Waals surface area contributed by atoms with Crippen LogP contribution in [0.15, 0.2) is 24.3 Å². The van der Waals surface area contributed by atoms with Gasteiger partial charge in [-0.3, -0.25) is 10.2 Å². The standard InChI is InChI=1S/C10H12ClN3O3/c11-5-6-12-10(17)14-13-9(16)7-1-3-8(15)4-2-7/h1-4,15H,5-6H2,(H,13,16)(H2,12,14,17). The third kappa shape index (κ3) is 4.60. The lowest BCUT2D eigenvalue weighted by Gasteiger charge is -2.07. The van der Waals surface area contributed by atoms with Gasteiger partial charge in [-0.1, -0.05) is 0 Å². The Morgan fingerprint density at radius 1 is 1.18 bits per heavy atom. The number of carbonyl (C=O) groups is 2. The molecule has 1 rings (SSSR count). The van der Waals surface area contributed by atoms with E-state index in [9.17, 15) is 9.59 Å². The summed E-state index contributed by atoms with van der Waals surface area (Å²) in [5, 5.41) is 11.4. The first kappa shape index (κ1) is 13.1. The lowest BCUT2D eigenvalue weighted by molar-refractivity contribution is 0.0936. The second kappa shape index (κ2) is 6.59. The molecule has 0 unspecified atom stereocenters. The van der Waals surface area contributed by atoms with Gasteiger partial charge in [0.1, 0.15) is 5.75 Å². The van der Waals surface area contributed by atoms with Crippen LogP contribution in [0.25, 0.3) is 0 Å². The maximum atomic E-state index is 11.5. The highest BCUT2D eigenvalue weighted by molar-refractivity contribution is 6.18. The Morgan fingerprint density at radius 2 is 1.82 bits per heavy atom. The Bertz CT molecular complexity index is 394.